The van der Waals surface area contributed by atoms with Crippen molar-refractivity contribution in [2.45, 2.75) is 40.0 Å². The quantitative estimate of drug-likeness (QED) is 0.510. The molecule has 0 bridgehead atoms. The molecule has 164 valence electrons. The van der Waals surface area contributed by atoms with Gasteiger partial charge in [0.05, 0.1) is 5.71 Å². The first-order chi connectivity index (χ1) is 15.3. The maximum atomic E-state index is 13.0. The average molecular weight is 450 g/mol. The normalized spacial score (nSPS) is 14.2. The molecule has 0 fully saturated rings. The molecule has 1 heterocycles. The summed E-state index contributed by atoms with van der Waals surface area (Å²) in [7, 11) is 0. The summed E-state index contributed by atoms with van der Waals surface area (Å²) in [6.45, 7) is 5.62. The number of anilines is 1. The molecule has 1 aliphatic carbocycles. The van der Waals surface area contributed by atoms with Gasteiger partial charge in [-0.15, -0.1) is 0 Å². The summed E-state index contributed by atoms with van der Waals surface area (Å²) in [6, 6.07) is 12.7. The zero-order valence-electron chi connectivity index (χ0n) is 18.2. The summed E-state index contributed by atoms with van der Waals surface area (Å²) in [6.07, 6.45) is 2.23. The number of carbonyl (C=O) groups excluding carboxylic acids is 2. The minimum atomic E-state index is -0.342. The highest BCUT2D eigenvalue weighted by atomic mass is 35.5. The van der Waals surface area contributed by atoms with Gasteiger partial charge in [-0.05, 0) is 62.9 Å². The Balaban J connectivity index is 1.59. The Bertz CT molecular complexity index is 1240. The maximum absolute atomic E-state index is 13.0. The predicted octanol–water partition coefficient (Wildman–Crippen LogP) is 5.58. The molecule has 3 aromatic rings. The minimum absolute atomic E-state index is 0.245. The van der Waals surface area contributed by atoms with Gasteiger partial charge in [0.1, 0.15) is 5.76 Å². The van der Waals surface area contributed by atoms with E-state index >= 15 is 0 Å². The van der Waals surface area contributed by atoms with Gasteiger partial charge in [-0.2, -0.15) is 5.10 Å². The Labute approximate surface area is 191 Å². The molecule has 6 nitrogen and oxygen atoms in total. The number of carbonyl (C=O) groups is 2. The molecule has 2 amide bonds. The van der Waals surface area contributed by atoms with Crippen LogP contribution >= 0.6 is 11.6 Å². The number of hydrogen-bond acceptors (Lipinski definition) is 4. The van der Waals surface area contributed by atoms with E-state index in [1.54, 1.807) is 18.2 Å². The number of rotatable bonds is 4. The molecule has 0 unspecified atom stereocenters. The zero-order chi connectivity index (χ0) is 22.8. The van der Waals surface area contributed by atoms with Gasteiger partial charge in [-0.3, -0.25) is 9.59 Å². The molecule has 0 saturated carbocycles. The van der Waals surface area contributed by atoms with Crippen LogP contribution in [-0.4, -0.2) is 17.5 Å². The lowest BCUT2D eigenvalue weighted by Crippen LogP contribution is -2.22. The van der Waals surface area contributed by atoms with Gasteiger partial charge in [0.15, 0.2) is 5.76 Å². The average Bonchev–Trinajstić information content (AvgIpc) is 3.12. The highest BCUT2D eigenvalue weighted by molar-refractivity contribution is 6.31. The van der Waals surface area contributed by atoms with E-state index in [1.165, 1.54) is 0 Å². The third-order valence-corrected chi connectivity index (χ3v) is 5.90. The van der Waals surface area contributed by atoms with Crippen LogP contribution in [0.5, 0.6) is 0 Å². The lowest BCUT2D eigenvalue weighted by atomic mass is 9.93. The summed E-state index contributed by atoms with van der Waals surface area (Å²) in [5.74, 6) is 0.351. The van der Waals surface area contributed by atoms with Gasteiger partial charge in [-0.1, -0.05) is 35.9 Å². The van der Waals surface area contributed by atoms with E-state index in [4.69, 9.17) is 16.0 Å². The lowest BCUT2D eigenvalue weighted by Gasteiger charge is -2.13. The fourth-order valence-electron chi connectivity index (χ4n) is 3.91. The van der Waals surface area contributed by atoms with E-state index in [1.807, 2.05) is 45.0 Å². The number of benzene rings is 2. The van der Waals surface area contributed by atoms with E-state index < -0.39 is 0 Å². The monoisotopic (exact) mass is 449 g/mol. The number of furan rings is 1. The largest absolute Gasteiger partial charge is 0.455 e. The van der Waals surface area contributed by atoms with Gasteiger partial charge in [0, 0.05) is 33.8 Å². The lowest BCUT2D eigenvalue weighted by molar-refractivity contribution is 0.0953. The molecule has 1 aromatic heterocycles. The second-order valence-corrected chi connectivity index (χ2v) is 8.37. The molecule has 0 radical (unpaired) electrons. The fourth-order valence-corrected chi connectivity index (χ4v) is 4.08. The van der Waals surface area contributed by atoms with E-state index in [0.717, 1.165) is 23.1 Å². The van der Waals surface area contributed by atoms with Gasteiger partial charge in [0.2, 0.25) is 0 Å². The Kier molecular flexibility index (Phi) is 6.15. The van der Waals surface area contributed by atoms with E-state index in [0.29, 0.717) is 46.2 Å². The molecule has 1 aliphatic rings. The van der Waals surface area contributed by atoms with Crippen LogP contribution in [0.3, 0.4) is 0 Å². The van der Waals surface area contributed by atoms with E-state index in [-0.39, 0.29) is 17.6 Å². The summed E-state index contributed by atoms with van der Waals surface area (Å²) in [5, 5.41) is 7.82. The Hall–Kier alpha value is -3.38. The van der Waals surface area contributed by atoms with Crippen LogP contribution in [0.1, 0.15) is 61.8 Å². The van der Waals surface area contributed by atoms with Crippen LogP contribution in [0, 0.1) is 20.8 Å². The van der Waals surface area contributed by atoms with Crippen molar-refractivity contribution in [2.24, 2.45) is 5.10 Å². The minimum Gasteiger partial charge on any atom is -0.455 e. The van der Waals surface area contributed by atoms with Crippen molar-refractivity contribution < 1.29 is 14.0 Å². The summed E-state index contributed by atoms with van der Waals surface area (Å²) in [4.78, 5) is 25.5. The second-order valence-electron chi connectivity index (χ2n) is 7.94. The number of aryl methyl sites for hydroxylation is 3. The third kappa shape index (κ3) is 4.32. The van der Waals surface area contributed by atoms with Crippen LogP contribution in [0.2, 0.25) is 5.02 Å². The number of amides is 2. The predicted molar refractivity (Wildman–Crippen MR) is 126 cm³/mol. The van der Waals surface area contributed by atoms with E-state index in [9.17, 15) is 9.59 Å². The molecular formula is C25H24ClN3O3. The Morgan fingerprint density at radius 1 is 1.00 bits per heavy atom. The molecule has 0 saturated heterocycles. The number of halogens is 1. The van der Waals surface area contributed by atoms with Crippen LogP contribution in [0.15, 0.2) is 52.0 Å². The summed E-state index contributed by atoms with van der Waals surface area (Å²) < 4.78 is 5.94. The summed E-state index contributed by atoms with van der Waals surface area (Å²) in [5.41, 5.74) is 7.88. The Morgan fingerprint density at radius 2 is 1.78 bits per heavy atom. The third-order valence-electron chi connectivity index (χ3n) is 5.66. The molecule has 2 N–H and O–H groups in total. The van der Waals surface area contributed by atoms with Crippen LogP contribution < -0.4 is 10.7 Å². The standard InChI is InChI=1S/C25H24ClN3O3/c1-14-7-4-5-8-18(14)24(30)29-28-19-9-6-10-21-22(19)16(3)23(32-21)25(31)27-20-13-17(26)12-11-15(20)2/h4-5,7-8,11-13H,6,9-10H2,1-3H3,(H,27,31)(H,29,30)/b28-19+. The topological polar surface area (TPSA) is 83.7 Å². The zero-order valence-corrected chi connectivity index (χ0v) is 19.0. The van der Waals surface area contributed by atoms with Crippen molar-refractivity contribution in [1.82, 2.24) is 5.43 Å². The molecule has 7 heteroatoms. The van der Waals surface area contributed by atoms with E-state index in [2.05, 4.69) is 15.8 Å². The molecule has 4 rings (SSSR count). The number of hydrazone groups is 1. The van der Waals surface area contributed by atoms with Crippen molar-refractivity contribution >= 4 is 34.8 Å². The van der Waals surface area contributed by atoms with Crippen LogP contribution in [-0.2, 0) is 6.42 Å². The second kappa shape index (κ2) is 9.01. The number of fused-ring (bicyclic) bond motifs is 1. The molecule has 0 aliphatic heterocycles. The SMILES string of the molecule is Cc1ccc(Cl)cc1NC(=O)c1oc2c(c1C)/C(=N/NC(=O)c1ccccc1C)CCC2. The van der Waals surface area contributed by atoms with Crippen molar-refractivity contribution in [3.8, 4) is 0 Å². The van der Waals surface area contributed by atoms with Gasteiger partial charge < -0.3 is 9.73 Å². The molecular weight excluding hydrogens is 426 g/mol. The number of nitrogens with zero attached hydrogens (tertiary/aromatic N) is 1. The smallest absolute Gasteiger partial charge is 0.291 e. The highest BCUT2D eigenvalue weighted by Gasteiger charge is 2.28. The first-order valence-electron chi connectivity index (χ1n) is 10.5. The van der Waals surface area contributed by atoms with Crippen molar-refractivity contribution in [3.05, 3.63) is 86.8 Å². The maximum Gasteiger partial charge on any atom is 0.291 e. The Morgan fingerprint density at radius 3 is 2.56 bits per heavy atom. The van der Waals surface area contributed by atoms with Crippen molar-refractivity contribution in [3.63, 3.8) is 0 Å². The molecule has 2 aromatic carbocycles. The van der Waals surface area contributed by atoms with Gasteiger partial charge in [-0.25, -0.2) is 5.43 Å². The van der Waals surface area contributed by atoms with Crippen molar-refractivity contribution in [1.29, 1.82) is 0 Å². The number of nitrogens with one attached hydrogen (secondary N) is 2. The molecule has 32 heavy (non-hydrogen) atoms. The fraction of sp³-hybridized carbons (Fsp3) is 0.240. The highest BCUT2D eigenvalue weighted by Crippen LogP contribution is 2.31. The van der Waals surface area contributed by atoms with Gasteiger partial charge in [0.25, 0.3) is 11.8 Å². The van der Waals surface area contributed by atoms with Crippen molar-refractivity contribution in [2.75, 3.05) is 5.32 Å². The molecule has 0 atom stereocenters. The van der Waals surface area contributed by atoms with Crippen LogP contribution in [0.4, 0.5) is 5.69 Å². The van der Waals surface area contributed by atoms with Crippen LogP contribution in [0.25, 0.3) is 0 Å². The molecule has 0 spiro atoms. The van der Waals surface area contributed by atoms with Gasteiger partial charge >= 0.3 is 0 Å². The first-order valence-corrected chi connectivity index (χ1v) is 10.9. The number of hydrogen-bond donors (Lipinski definition) is 2. The summed E-state index contributed by atoms with van der Waals surface area (Å²) >= 11 is 6.07. The first kappa shape index (κ1) is 21.8.